The summed E-state index contributed by atoms with van der Waals surface area (Å²) in [6, 6.07) is 18.9. The fourth-order valence-electron chi connectivity index (χ4n) is 3.65. The number of amides is 1. The number of benzene rings is 3. The molecule has 0 unspecified atom stereocenters. The number of carbonyl (C=O) groups excluding carboxylic acids is 1. The first kappa shape index (κ1) is 19.4. The summed E-state index contributed by atoms with van der Waals surface area (Å²) in [6.07, 6.45) is 1.14. The zero-order valence-electron chi connectivity index (χ0n) is 16.0. The molecule has 1 fully saturated rings. The largest absolute Gasteiger partial charge is 0.497 e. The number of rotatable bonds is 5. The Morgan fingerprint density at radius 2 is 1.76 bits per heavy atom. The second-order valence-electron chi connectivity index (χ2n) is 7.00. The number of hydrogen-bond donors (Lipinski definition) is 1. The smallest absolute Gasteiger partial charge is 0.243 e. The fraction of sp³-hybridized carbons (Fsp3) is 0.227. The van der Waals surface area contributed by atoms with Crippen molar-refractivity contribution in [3.05, 3.63) is 66.7 Å². The van der Waals surface area contributed by atoms with Crippen LogP contribution in [0, 0.1) is 0 Å². The van der Waals surface area contributed by atoms with E-state index >= 15 is 0 Å². The summed E-state index contributed by atoms with van der Waals surface area (Å²) in [5.74, 6) is 0.362. The number of nitrogens with one attached hydrogen (secondary N) is 1. The highest BCUT2D eigenvalue weighted by molar-refractivity contribution is 7.89. The molecular weight excluding hydrogens is 388 g/mol. The molecule has 150 valence electrons. The predicted molar refractivity (Wildman–Crippen MR) is 112 cm³/mol. The van der Waals surface area contributed by atoms with Gasteiger partial charge < -0.3 is 10.1 Å². The Bertz CT molecular complexity index is 1140. The third kappa shape index (κ3) is 3.83. The summed E-state index contributed by atoms with van der Waals surface area (Å²) >= 11 is 0. The quantitative estimate of drug-likeness (QED) is 0.697. The number of ether oxygens (including phenoxy) is 1. The number of sulfonamides is 1. The molecule has 0 aliphatic carbocycles. The summed E-state index contributed by atoms with van der Waals surface area (Å²) in [4.78, 5) is 13.0. The van der Waals surface area contributed by atoms with Crippen LogP contribution in [0.3, 0.4) is 0 Å². The lowest BCUT2D eigenvalue weighted by atomic mass is 10.1. The van der Waals surface area contributed by atoms with E-state index < -0.39 is 16.1 Å². The molecule has 7 heteroatoms. The van der Waals surface area contributed by atoms with Gasteiger partial charge in [0.2, 0.25) is 15.9 Å². The van der Waals surface area contributed by atoms with Crippen molar-refractivity contribution in [2.45, 2.75) is 23.8 Å². The lowest BCUT2D eigenvalue weighted by molar-refractivity contribution is -0.119. The Balaban J connectivity index is 1.57. The monoisotopic (exact) mass is 410 g/mol. The van der Waals surface area contributed by atoms with Crippen LogP contribution in [0.5, 0.6) is 5.75 Å². The molecular formula is C22H22N2O4S. The molecule has 0 aromatic heterocycles. The van der Waals surface area contributed by atoms with Crippen molar-refractivity contribution in [3.8, 4) is 5.75 Å². The van der Waals surface area contributed by atoms with Gasteiger partial charge in [-0.25, -0.2) is 8.42 Å². The van der Waals surface area contributed by atoms with Crippen LogP contribution in [0.25, 0.3) is 10.8 Å². The molecule has 1 heterocycles. The Labute approximate surface area is 170 Å². The summed E-state index contributed by atoms with van der Waals surface area (Å²) in [5.41, 5.74) is 0.603. The van der Waals surface area contributed by atoms with Gasteiger partial charge in [0.05, 0.1) is 12.0 Å². The molecule has 0 saturated carbocycles. The van der Waals surface area contributed by atoms with Crippen LogP contribution in [0.15, 0.2) is 71.6 Å². The van der Waals surface area contributed by atoms with Crippen LogP contribution in [-0.2, 0) is 14.8 Å². The molecule has 0 spiro atoms. The first-order chi connectivity index (χ1) is 14.0. The van der Waals surface area contributed by atoms with Gasteiger partial charge in [-0.3, -0.25) is 4.79 Å². The van der Waals surface area contributed by atoms with E-state index in [0.29, 0.717) is 30.8 Å². The fourth-order valence-corrected chi connectivity index (χ4v) is 5.35. The highest BCUT2D eigenvalue weighted by Crippen LogP contribution is 2.29. The van der Waals surface area contributed by atoms with Crippen molar-refractivity contribution in [1.82, 2.24) is 4.31 Å². The van der Waals surface area contributed by atoms with Crippen LogP contribution in [0.4, 0.5) is 5.69 Å². The lowest BCUT2D eigenvalue weighted by Crippen LogP contribution is -2.43. The second-order valence-corrected chi connectivity index (χ2v) is 8.89. The minimum absolute atomic E-state index is 0.209. The molecule has 0 radical (unpaired) electrons. The molecule has 6 nitrogen and oxygen atoms in total. The number of carbonyl (C=O) groups is 1. The van der Waals surface area contributed by atoms with Crippen molar-refractivity contribution < 1.29 is 17.9 Å². The van der Waals surface area contributed by atoms with E-state index in [1.807, 2.05) is 24.3 Å². The van der Waals surface area contributed by atoms with Crippen molar-refractivity contribution in [3.63, 3.8) is 0 Å². The third-order valence-corrected chi connectivity index (χ3v) is 7.10. The molecule has 1 aliphatic heterocycles. The van der Waals surface area contributed by atoms with E-state index in [0.717, 1.165) is 10.8 Å². The molecule has 1 amide bonds. The summed E-state index contributed by atoms with van der Waals surface area (Å²) in [7, 11) is -2.20. The zero-order valence-corrected chi connectivity index (χ0v) is 16.9. The van der Waals surface area contributed by atoms with E-state index in [1.54, 1.807) is 49.6 Å². The van der Waals surface area contributed by atoms with E-state index in [-0.39, 0.29) is 10.8 Å². The first-order valence-electron chi connectivity index (χ1n) is 9.44. The van der Waals surface area contributed by atoms with E-state index in [1.165, 1.54) is 4.31 Å². The number of hydrogen-bond acceptors (Lipinski definition) is 4. The summed E-state index contributed by atoms with van der Waals surface area (Å²) in [6.45, 7) is 0.329. The van der Waals surface area contributed by atoms with Crippen molar-refractivity contribution in [2.75, 3.05) is 19.0 Å². The van der Waals surface area contributed by atoms with Gasteiger partial charge in [-0.2, -0.15) is 4.31 Å². The van der Waals surface area contributed by atoms with Gasteiger partial charge in [0.25, 0.3) is 0 Å². The maximum absolute atomic E-state index is 13.3. The Kier molecular flexibility index (Phi) is 5.25. The number of nitrogens with zero attached hydrogens (tertiary/aromatic N) is 1. The first-order valence-corrected chi connectivity index (χ1v) is 10.9. The molecule has 3 aromatic rings. The van der Waals surface area contributed by atoms with E-state index in [9.17, 15) is 13.2 Å². The van der Waals surface area contributed by atoms with Crippen molar-refractivity contribution in [1.29, 1.82) is 0 Å². The van der Waals surface area contributed by atoms with Crippen LogP contribution in [0.2, 0.25) is 0 Å². The van der Waals surface area contributed by atoms with Crippen LogP contribution >= 0.6 is 0 Å². The molecule has 3 aromatic carbocycles. The van der Waals surface area contributed by atoms with Gasteiger partial charge in [0, 0.05) is 12.2 Å². The van der Waals surface area contributed by atoms with Crippen molar-refractivity contribution >= 4 is 32.4 Å². The van der Waals surface area contributed by atoms with Gasteiger partial charge in [-0.15, -0.1) is 0 Å². The van der Waals surface area contributed by atoms with Gasteiger partial charge in [0.1, 0.15) is 11.8 Å². The van der Waals surface area contributed by atoms with Gasteiger partial charge in [-0.1, -0.05) is 30.3 Å². The van der Waals surface area contributed by atoms with Gasteiger partial charge in [0.15, 0.2) is 0 Å². The van der Waals surface area contributed by atoms with Gasteiger partial charge in [-0.05, 0) is 60.0 Å². The summed E-state index contributed by atoms with van der Waals surface area (Å²) < 4.78 is 32.9. The Morgan fingerprint density at radius 3 is 2.48 bits per heavy atom. The highest BCUT2D eigenvalue weighted by atomic mass is 32.2. The summed E-state index contributed by atoms with van der Waals surface area (Å²) in [5, 5.41) is 4.65. The number of fused-ring (bicyclic) bond motifs is 1. The molecule has 1 saturated heterocycles. The molecule has 29 heavy (non-hydrogen) atoms. The average molecular weight is 410 g/mol. The topological polar surface area (TPSA) is 75.7 Å². The second kappa shape index (κ2) is 7.85. The molecule has 0 bridgehead atoms. The standard InChI is InChI=1S/C22H22N2O4S/c1-28-19-11-9-18(10-12-19)23-22(25)21-7-4-14-24(21)29(26,27)20-13-8-16-5-2-3-6-17(16)15-20/h2-3,5-6,8-13,15,21H,4,7,14H2,1H3,(H,23,25)/t21-/m1/s1. The predicted octanol–water partition coefficient (Wildman–Crippen LogP) is 3.64. The van der Waals surface area contributed by atoms with Crippen molar-refractivity contribution in [2.24, 2.45) is 0 Å². The maximum Gasteiger partial charge on any atom is 0.243 e. The normalized spacial score (nSPS) is 17.3. The van der Waals surface area contributed by atoms with Crippen LogP contribution in [0.1, 0.15) is 12.8 Å². The van der Waals surface area contributed by atoms with E-state index in [2.05, 4.69) is 5.32 Å². The highest BCUT2D eigenvalue weighted by Gasteiger charge is 2.39. The SMILES string of the molecule is COc1ccc(NC(=O)[C@H]2CCCN2S(=O)(=O)c2ccc3ccccc3c2)cc1. The number of anilines is 1. The Hall–Kier alpha value is -2.90. The Morgan fingerprint density at radius 1 is 1.03 bits per heavy atom. The van der Waals surface area contributed by atoms with Crippen LogP contribution in [-0.4, -0.2) is 38.3 Å². The molecule has 1 atom stereocenters. The molecule has 4 rings (SSSR count). The van der Waals surface area contributed by atoms with E-state index in [4.69, 9.17) is 4.74 Å². The van der Waals surface area contributed by atoms with Crippen LogP contribution < -0.4 is 10.1 Å². The third-order valence-electron chi connectivity index (χ3n) is 5.19. The molecule has 1 aliphatic rings. The minimum Gasteiger partial charge on any atom is -0.497 e. The zero-order chi connectivity index (χ0) is 20.4. The molecule has 1 N–H and O–H groups in total. The maximum atomic E-state index is 13.3. The minimum atomic E-state index is -3.77. The lowest BCUT2D eigenvalue weighted by Gasteiger charge is -2.23. The average Bonchev–Trinajstić information content (AvgIpc) is 3.25. The van der Waals surface area contributed by atoms with Gasteiger partial charge >= 0.3 is 0 Å². The number of methoxy groups -OCH3 is 1.